The number of nitrogens with one attached hydrogen (secondary N) is 1. The predicted octanol–water partition coefficient (Wildman–Crippen LogP) is 3.63. The maximum absolute atomic E-state index is 14.4. The van der Waals surface area contributed by atoms with Crippen LogP contribution in [0.5, 0.6) is 0 Å². The molecule has 4 rings (SSSR count). The highest BCUT2D eigenvalue weighted by atomic mass is 32.2. The summed E-state index contributed by atoms with van der Waals surface area (Å²) in [4.78, 5) is 35.4. The average molecular weight is 832 g/mol. The topological polar surface area (TPSA) is 187 Å². The van der Waals surface area contributed by atoms with Crippen LogP contribution in [-0.4, -0.2) is 154 Å². The van der Waals surface area contributed by atoms with Crippen molar-refractivity contribution in [1.82, 2.24) is 10.2 Å². The second-order valence-corrected chi connectivity index (χ2v) is 19.1. The van der Waals surface area contributed by atoms with Gasteiger partial charge >= 0.3 is 5.97 Å². The van der Waals surface area contributed by atoms with Crippen molar-refractivity contribution < 1.29 is 58.1 Å². The average Bonchev–Trinajstić information content (AvgIpc) is 3.45. The fourth-order valence-electron chi connectivity index (χ4n) is 9.09. The number of methoxy groups -OCH3 is 2. The highest BCUT2D eigenvalue weighted by Gasteiger charge is 2.55. The second kappa shape index (κ2) is 19.0. The third kappa shape index (κ3) is 10.3. The van der Waals surface area contributed by atoms with Crippen molar-refractivity contribution in [2.24, 2.45) is 22.7 Å². The van der Waals surface area contributed by atoms with Crippen LogP contribution in [0, 0.1) is 17.8 Å². The van der Waals surface area contributed by atoms with Crippen LogP contribution < -0.4 is 5.32 Å². The molecule has 4 saturated heterocycles. The molecule has 15 nitrogen and oxygen atoms in total. The first-order valence-electron chi connectivity index (χ1n) is 20.7. The number of hydrogen-bond donors (Lipinski definition) is 4. The van der Waals surface area contributed by atoms with Crippen LogP contribution >= 0.6 is 11.8 Å². The number of amidine groups is 1. The zero-order valence-electron chi connectivity index (χ0n) is 36.9. The quantitative estimate of drug-likeness (QED) is 0.260. The third-order valence-corrected chi connectivity index (χ3v) is 14.3. The molecule has 0 spiro atoms. The molecule has 4 fully saturated rings. The molecule has 0 aromatic heterocycles. The number of esters is 1. The van der Waals surface area contributed by atoms with E-state index in [-0.39, 0.29) is 48.6 Å². The van der Waals surface area contributed by atoms with E-state index in [2.05, 4.69) is 10.2 Å². The number of thioether (sulfide) groups is 1. The number of rotatable bonds is 8. The van der Waals surface area contributed by atoms with E-state index in [9.17, 15) is 24.9 Å². The van der Waals surface area contributed by atoms with E-state index in [1.165, 1.54) is 14.0 Å². The highest BCUT2D eigenvalue weighted by molar-refractivity contribution is 8.14. The van der Waals surface area contributed by atoms with Gasteiger partial charge in [0, 0.05) is 45.6 Å². The maximum Gasteiger partial charge on any atom is 0.311 e. The molecule has 1 amide bonds. The number of aliphatic hydroxyl groups excluding tert-OH is 2. The summed E-state index contributed by atoms with van der Waals surface area (Å²) in [5.74, 6) is -3.33. The molecule has 4 heterocycles. The summed E-state index contributed by atoms with van der Waals surface area (Å²) in [6.07, 6.45) is -6.62. The minimum atomic E-state index is -1.93. The van der Waals surface area contributed by atoms with E-state index < -0.39 is 95.8 Å². The van der Waals surface area contributed by atoms with Crippen LogP contribution in [0.15, 0.2) is 4.99 Å². The molecule has 330 valence electrons. The number of aliphatic imine (C=N–C) groups is 1. The van der Waals surface area contributed by atoms with E-state index in [1.54, 1.807) is 60.4 Å². The van der Waals surface area contributed by atoms with Gasteiger partial charge < -0.3 is 58.7 Å². The third-order valence-electron chi connectivity index (χ3n) is 12.9. The number of carbonyl (C=O) groups excluding carboxylic acids is 2. The normalized spacial score (nSPS) is 47.6. The monoisotopic (exact) mass is 831 g/mol. The molecule has 57 heavy (non-hydrogen) atoms. The Morgan fingerprint density at radius 3 is 2.18 bits per heavy atom. The van der Waals surface area contributed by atoms with E-state index in [0.29, 0.717) is 0 Å². The molecule has 4 N–H and O–H groups in total. The van der Waals surface area contributed by atoms with Crippen LogP contribution in [0.2, 0.25) is 0 Å². The van der Waals surface area contributed by atoms with Gasteiger partial charge in [-0.15, -0.1) is 0 Å². The summed E-state index contributed by atoms with van der Waals surface area (Å²) in [5, 5.41) is 37.8. The molecular weight excluding hydrogens is 759 g/mol. The fourth-order valence-corrected chi connectivity index (χ4v) is 10.6. The van der Waals surface area contributed by atoms with Crippen LogP contribution in [0.1, 0.15) is 109 Å². The number of cyclic esters (lactones) is 1. The zero-order chi connectivity index (χ0) is 42.9. The molecule has 0 aliphatic carbocycles. The number of nitrogens with zero attached hydrogens (tertiary/aromatic N) is 2. The Bertz CT molecular complexity index is 1410. The molecule has 0 unspecified atom stereocenters. The molecule has 0 aromatic rings. The molecule has 18 atom stereocenters. The summed E-state index contributed by atoms with van der Waals surface area (Å²) in [5.41, 5.74) is -4.12. The Labute approximate surface area is 344 Å². The first-order valence-corrected chi connectivity index (χ1v) is 21.6. The summed E-state index contributed by atoms with van der Waals surface area (Å²) >= 11 is 1.62. The number of amides is 1. The lowest BCUT2D eigenvalue weighted by atomic mass is 9.77. The molecule has 0 aromatic carbocycles. The largest absolute Gasteiger partial charge is 0.459 e. The van der Waals surface area contributed by atoms with Gasteiger partial charge in [-0.05, 0) is 81.6 Å². The lowest BCUT2D eigenvalue weighted by molar-refractivity contribution is -0.308. The van der Waals surface area contributed by atoms with Crippen molar-refractivity contribution in [3.8, 4) is 0 Å². The van der Waals surface area contributed by atoms with Crippen molar-refractivity contribution in [3.05, 3.63) is 0 Å². The first-order chi connectivity index (χ1) is 26.4. The molecule has 0 saturated carbocycles. The van der Waals surface area contributed by atoms with Crippen molar-refractivity contribution >= 4 is 28.8 Å². The Morgan fingerprint density at radius 1 is 0.965 bits per heavy atom. The Balaban J connectivity index is 1.87. The number of fused-ring (bicyclic) bond motifs is 1. The van der Waals surface area contributed by atoms with Gasteiger partial charge in [0.15, 0.2) is 17.7 Å². The molecular formula is C41H73N3O12S. The second-order valence-electron chi connectivity index (χ2n) is 18.0. The summed E-state index contributed by atoms with van der Waals surface area (Å²) in [6, 6.07) is -0.741. The fraction of sp³-hybridized carbons (Fsp3) is 0.927. The molecule has 4 aliphatic heterocycles. The van der Waals surface area contributed by atoms with Gasteiger partial charge in [0.25, 0.3) is 0 Å². The number of hydrogen-bond acceptors (Lipinski definition) is 14. The summed E-state index contributed by atoms with van der Waals surface area (Å²) < 4.78 is 45.2. The Morgan fingerprint density at radius 2 is 1.60 bits per heavy atom. The molecule has 0 bridgehead atoms. The molecule has 16 heteroatoms. The van der Waals surface area contributed by atoms with Gasteiger partial charge in [-0.2, -0.15) is 0 Å². The van der Waals surface area contributed by atoms with Gasteiger partial charge in [-0.25, -0.2) is 0 Å². The number of ether oxygens (including phenoxy) is 7. The van der Waals surface area contributed by atoms with E-state index in [0.717, 1.165) is 11.6 Å². The predicted molar refractivity (Wildman–Crippen MR) is 217 cm³/mol. The number of aliphatic hydroxyl groups is 3. The Hall–Kier alpha value is -1.60. The van der Waals surface area contributed by atoms with E-state index in [1.807, 2.05) is 41.7 Å². The zero-order valence-corrected chi connectivity index (χ0v) is 37.7. The van der Waals surface area contributed by atoms with Crippen molar-refractivity contribution in [1.29, 1.82) is 0 Å². The van der Waals surface area contributed by atoms with E-state index >= 15 is 0 Å². The minimum Gasteiger partial charge on any atom is -0.459 e. The van der Waals surface area contributed by atoms with Gasteiger partial charge in [0.05, 0.1) is 58.9 Å². The molecule has 4 aliphatic rings. The van der Waals surface area contributed by atoms with Crippen LogP contribution in [-0.2, 0) is 42.7 Å². The lowest BCUT2D eigenvalue weighted by Gasteiger charge is -2.49. The first kappa shape index (κ1) is 48.1. The van der Waals surface area contributed by atoms with Crippen molar-refractivity contribution in [2.75, 3.05) is 21.3 Å². The number of carbonyl (C=O) groups is 2. The minimum absolute atomic E-state index is 0.0697. The van der Waals surface area contributed by atoms with Gasteiger partial charge in [-0.3, -0.25) is 14.6 Å². The van der Waals surface area contributed by atoms with Gasteiger partial charge in [0.2, 0.25) is 5.91 Å². The van der Waals surface area contributed by atoms with Gasteiger partial charge in [-0.1, -0.05) is 32.5 Å². The van der Waals surface area contributed by atoms with Crippen molar-refractivity contribution in [3.63, 3.8) is 0 Å². The van der Waals surface area contributed by atoms with Crippen molar-refractivity contribution in [2.45, 2.75) is 204 Å². The SMILES string of the molecule is CC[C@H]1OC(=O)[C@H](C)[C@@H](O[C@H]2C[C@@](C)(OC)[C@@H](O)[C@H](C)O2)[C@H](C)[C@@H](O[C@@H]2O[C@H](C)C[C@H]3[C@@H]2SC(=NC(C)C)N3C)[C@](C)(OC)C[C@@H](C)C(=O)N[C@H](C)[C@@H](O)[C@]1(C)O. The Kier molecular flexibility index (Phi) is 16.0. The maximum atomic E-state index is 14.4. The van der Waals surface area contributed by atoms with Crippen LogP contribution in [0.3, 0.4) is 0 Å². The summed E-state index contributed by atoms with van der Waals surface area (Å²) in [7, 11) is 5.14. The lowest BCUT2D eigenvalue weighted by Crippen LogP contribution is -2.60. The highest BCUT2D eigenvalue weighted by Crippen LogP contribution is 2.45. The van der Waals surface area contributed by atoms with E-state index in [4.69, 9.17) is 38.2 Å². The molecule has 0 radical (unpaired) electrons. The standard InChI is InChI=1S/C41H73N3O12S/c1-16-28-41(12,49)32(45)25(8)43-35(47)21(4)18-40(11,51-15)34(56-37-31-27(17-22(5)52-37)44(13)38(57-31)42-20(2)3)23(6)30(24(7)36(48)54-28)55-29-19-39(10,50-14)33(46)26(9)53-29/h20-34,37,45-46,49H,16-19H2,1-15H3,(H,43,47)/t21-,22-,23+,24-,25-,26+,27+,28-,29+,30+,31+,32-,33+,34-,37+,39-,40-,41-/m1/s1. The van der Waals surface area contributed by atoms with Gasteiger partial charge in [0.1, 0.15) is 23.9 Å². The summed E-state index contributed by atoms with van der Waals surface area (Å²) in [6.45, 7) is 21.7. The smallest absolute Gasteiger partial charge is 0.311 e. The van der Waals surface area contributed by atoms with Crippen LogP contribution in [0.4, 0.5) is 0 Å². The van der Waals surface area contributed by atoms with Crippen LogP contribution in [0.25, 0.3) is 0 Å².